The summed E-state index contributed by atoms with van der Waals surface area (Å²) in [5, 5.41) is 4.48. The Labute approximate surface area is 195 Å². The lowest BCUT2D eigenvalue weighted by atomic mass is 10.0. The molecule has 172 valence electrons. The third kappa shape index (κ3) is 6.59. The normalized spacial score (nSPS) is 11.4. The van der Waals surface area contributed by atoms with E-state index in [9.17, 15) is 9.59 Å². The van der Waals surface area contributed by atoms with Crippen LogP contribution >= 0.6 is 0 Å². The fourth-order valence-corrected chi connectivity index (χ4v) is 3.49. The molecule has 0 heterocycles. The average molecular weight is 446 g/mol. The first-order valence-electron chi connectivity index (χ1n) is 11.0. The van der Waals surface area contributed by atoms with Crippen molar-refractivity contribution >= 4 is 17.5 Å². The van der Waals surface area contributed by atoms with Crippen molar-refractivity contribution in [2.45, 2.75) is 33.2 Å². The number of carbonyl (C=O) groups is 2. The second kappa shape index (κ2) is 11.2. The van der Waals surface area contributed by atoms with Gasteiger partial charge in [-0.2, -0.15) is 0 Å². The largest absolute Gasteiger partial charge is 0.497 e. The number of ether oxygens (including phenoxy) is 1. The first-order valence-corrected chi connectivity index (χ1v) is 11.0. The van der Waals surface area contributed by atoms with Gasteiger partial charge in [0.05, 0.1) is 12.8 Å². The maximum atomic E-state index is 13.5. The SMILES string of the molecule is CCN(Nc1ccc(OC)cc1)C(=O)C(Cc1ccc(C)cc1)NC(=O)c1cccc(C)c1. The van der Waals surface area contributed by atoms with Crippen molar-refractivity contribution < 1.29 is 14.3 Å². The molecule has 0 fully saturated rings. The van der Waals surface area contributed by atoms with Gasteiger partial charge in [-0.3, -0.25) is 20.0 Å². The van der Waals surface area contributed by atoms with Crippen molar-refractivity contribution in [3.63, 3.8) is 0 Å². The van der Waals surface area contributed by atoms with Crippen LogP contribution in [0.25, 0.3) is 0 Å². The number of amides is 2. The molecule has 3 aromatic rings. The molecule has 0 aliphatic carbocycles. The van der Waals surface area contributed by atoms with E-state index in [2.05, 4.69) is 10.7 Å². The molecule has 0 saturated carbocycles. The van der Waals surface area contributed by atoms with E-state index >= 15 is 0 Å². The van der Waals surface area contributed by atoms with Crippen LogP contribution in [-0.2, 0) is 11.2 Å². The Kier molecular flexibility index (Phi) is 8.08. The second-order valence-electron chi connectivity index (χ2n) is 8.01. The number of hydrogen-bond donors (Lipinski definition) is 2. The monoisotopic (exact) mass is 445 g/mol. The van der Waals surface area contributed by atoms with Crippen molar-refractivity contribution in [3.05, 3.63) is 95.1 Å². The van der Waals surface area contributed by atoms with Gasteiger partial charge in [-0.15, -0.1) is 0 Å². The number of hydrazine groups is 1. The van der Waals surface area contributed by atoms with Crippen molar-refractivity contribution in [2.75, 3.05) is 19.1 Å². The number of nitrogens with one attached hydrogen (secondary N) is 2. The van der Waals surface area contributed by atoms with E-state index < -0.39 is 6.04 Å². The Morgan fingerprint density at radius 2 is 1.64 bits per heavy atom. The molecule has 33 heavy (non-hydrogen) atoms. The lowest BCUT2D eigenvalue weighted by Gasteiger charge is -2.28. The minimum absolute atomic E-state index is 0.213. The Morgan fingerprint density at radius 1 is 0.939 bits per heavy atom. The second-order valence-corrected chi connectivity index (χ2v) is 8.01. The van der Waals surface area contributed by atoms with Gasteiger partial charge in [0.1, 0.15) is 11.8 Å². The molecule has 0 radical (unpaired) electrons. The Bertz CT molecular complexity index is 1080. The zero-order valence-electron chi connectivity index (χ0n) is 19.6. The molecule has 0 aliphatic rings. The highest BCUT2D eigenvalue weighted by Crippen LogP contribution is 2.17. The maximum absolute atomic E-state index is 13.5. The summed E-state index contributed by atoms with van der Waals surface area (Å²) in [5.41, 5.74) is 7.54. The zero-order chi connectivity index (χ0) is 23.8. The van der Waals surface area contributed by atoms with Crippen LogP contribution < -0.4 is 15.5 Å². The van der Waals surface area contributed by atoms with Crippen LogP contribution in [0.1, 0.15) is 34.0 Å². The topological polar surface area (TPSA) is 70.7 Å². The van der Waals surface area contributed by atoms with Gasteiger partial charge in [0.2, 0.25) is 0 Å². The van der Waals surface area contributed by atoms with Gasteiger partial charge < -0.3 is 10.1 Å². The molecule has 2 amide bonds. The van der Waals surface area contributed by atoms with E-state index in [1.807, 2.05) is 87.5 Å². The smallest absolute Gasteiger partial charge is 0.263 e. The van der Waals surface area contributed by atoms with Gasteiger partial charge in [0.25, 0.3) is 11.8 Å². The Hall–Kier alpha value is -3.80. The summed E-state index contributed by atoms with van der Waals surface area (Å²) in [5.74, 6) is 0.247. The van der Waals surface area contributed by atoms with E-state index in [0.29, 0.717) is 18.5 Å². The molecule has 1 atom stereocenters. The van der Waals surface area contributed by atoms with E-state index in [1.165, 1.54) is 5.01 Å². The summed E-state index contributed by atoms with van der Waals surface area (Å²) in [7, 11) is 1.61. The highest BCUT2D eigenvalue weighted by atomic mass is 16.5. The molecule has 0 saturated heterocycles. The predicted molar refractivity (Wildman–Crippen MR) is 131 cm³/mol. The predicted octanol–water partition coefficient (Wildman–Crippen LogP) is 4.53. The molecule has 0 bridgehead atoms. The van der Waals surface area contributed by atoms with E-state index in [-0.39, 0.29) is 11.8 Å². The lowest BCUT2D eigenvalue weighted by molar-refractivity contribution is -0.131. The number of hydrogen-bond acceptors (Lipinski definition) is 4. The standard InChI is InChI=1S/C27H31N3O3/c1-5-30(29-23-13-15-24(33-4)16-14-23)27(32)25(18-21-11-9-19(2)10-12-21)28-26(31)22-8-6-7-20(3)17-22/h6-17,25,29H,5,18H2,1-4H3,(H,28,31). The molecular weight excluding hydrogens is 414 g/mol. The van der Waals surface area contributed by atoms with Crippen molar-refractivity contribution in [1.29, 1.82) is 0 Å². The van der Waals surface area contributed by atoms with Crippen molar-refractivity contribution in [1.82, 2.24) is 10.3 Å². The molecule has 1 unspecified atom stereocenters. The fourth-order valence-electron chi connectivity index (χ4n) is 3.49. The van der Waals surface area contributed by atoms with Crippen LogP contribution in [0.2, 0.25) is 0 Å². The molecule has 0 spiro atoms. The summed E-state index contributed by atoms with van der Waals surface area (Å²) in [4.78, 5) is 26.5. The average Bonchev–Trinajstić information content (AvgIpc) is 2.83. The summed E-state index contributed by atoms with van der Waals surface area (Å²) in [6.45, 7) is 6.27. The summed E-state index contributed by atoms with van der Waals surface area (Å²) < 4.78 is 5.20. The molecular formula is C27H31N3O3. The number of methoxy groups -OCH3 is 1. The minimum atomic E-state index is -0.730. The van der Waals surface area contributed by atoms with E-state index in [1.54, 1.807) is 13.2 Å². The maximum Gasteiger partial charge on any atom is 0.263 e. The first-order chi connectivity index (χ1) is 15.9. The van der Waals surface area contributed by atoms with Crippen molar-refractivity contribution in [3.8, 4) is 5.75 Å². The first kappa shape index (κ1) is 23.9. The summed E-state index contributed by atoms with van der Waals surface area (Å²) in [6.07, 6.45) is 0.386. The zero-order valence-corrected chi connectivity index (χ0v) is 19.6. The molecule has 6 nitrogen and oxygen atoms in total. The number of nitrogens with zero attached hydrogens (tertiary/aromatic N) is 1. The van der Waals surface area contributed by atoms with Crippen LogP contribution in [0, 0.1) is 13.8 Å². The molecule has 0 aromatic heterocycles. The van der Waals surface area contributed by atoms with E-state index in [0.717, 1.165) is 28.1 Å². The third-order valence-corrected chi connectivity index (χ3v) is 5.38. The van der Waals surface area contributed by atoms with Gasteiger partial charge >= 0.3 is 0 Å². The Balaban J connectivity index is 1.82. The van der Waals surface area contributed by atoms with Gasteiger partial charge in [-0.1, -0.05) is 47.5 Å². The number of carbonyl (C=O) groups excluding carboxylic acids is 2. The van der Waals surface area contributed by atoms with Crippen LogP contribution in [0.4, 0.5) is 5.69 Å². The summed E-state index contributed by atoms with van der Waals surface area (Å²) >= 11 is 0. The molecule has 2 N–H and O–H groups in total. The number of aryl methyl sites for hydroxylation is 2. The number of likely N-dealkylation sites (N-methyl/N-ethyl adjacent to an activating group) is 1. The quantitative estimate of drug-likeness (QED) is 0.475. The number of rotatable bonds is 9. The fraction of sp³-hybridized carbons (Fsp3) is 0.259. The van der Waals surface area contributed by atoms with E-state index in [4.69, 9.17) is 4.74 Å². The highest BCUT2D eigenvalue weighted by molar-refractivity contribution is 5.98. The number of benzene rings is 3. The van der Waals surface area contributed by atoms with Crippen LogP contribution in [-0.4, -0.2) is 36.5 Å². The minimum Gasteiger partial charge on any atom is -0.497 e. The third-order valence-electron chi connectivity index (χ3n) is 5.38. The van der Waals surface area contributed by atoms with Gasteiger partial charge in [-0.25, -0.2) is 0 Å². The molecule has 3 rings (SSSR count). The molecule has 3 aromatic carbocycles. The van der Waals surface area contributed by atoms with Crippen LogP contribution in [0.3, 0.4) is 0 Å². The summed E-state index contributed by atoms with van der Waals surface area (Å²) in [6, 6.07) is 21.9. The van der Waals surface area contributed by atoms with Gasteiger partial charge in [0.15, 0.2) is 0 Å². The van der Waals surface area contributed by atoms with Crippen molar-refractivity contribution in [2.24, 2.45) is 0 Å². The van der Waals surface area contributed by atoms with Gasteiger partial charge in [0, 0.05) is 18.5 Å². The van der Waals surface area contributed by atoms with Gasteiger partial charge in [-0.05, 0) is 62.7 Å². The number of anilines is 1. The van der Waals surface area contributed by atoms with Crippen LogP contribution in [0.5, 0.6) is 5.75 Å². The lowest BCUT2D eigenvalue weighted by Crippen LogP contribution is -2.51. The Morgan fingerprint density at radius 3 is 2.24 bits per heavy atom. The molecule has 0 aliphatic heterocycles. The molecule has 6 heteroatoms. The highest BCUT2D eigenvalue weighted by Gasteiger charge is 2.26. The van der Waals surface area contributed by atoms with Crippen LogP contribution in [0.15, 0.2) is 72.8 Å².